The van der Waals surface area contributed by atoms with Gasteiger partial charge in [-0.2, -0.15) is 13.2 Å². The molecule has 0 bridgehead atoms. The number of carbonyl (C=O) groups excluding carboxylic acids is 2. The number of aliphatic hydroxyl groups is 1. The monoisotopic (exact) mass is 290 g/mol. The van der Waals surface area contributed by atoms with Crippen molar-refractivity contribution < 1.29 is 27.9 Å². The molecule has 1 aromatic rings. The largest absolute Gasteiger partial charge is 0.418 e. The zero-order valence-electron chi connectivity index (χ0n) is 10.6. The maximum Gasteiger partial charge on any atom is 0.418 e. The van der Waals surface area contributed by atoms with Crippen LogP contribution in [0.1, 0.15) is 5.56 Å². The second-order valence-corrected chi connectivity index (χ2v) is 3.95. The van der Waals surface area contributed by atoms with Crippen LogP contribution >= 0.6 is 0 Å². The van der Waals surface area contributed by atoms with Crippen molar-refractivity contribution in [3.05, 3.63) is 29.8 Å². The van der Waals surface area contributed by atoms with Crippen molar-refractivity contribution in [2.24, 2.45) is 0 Å². The number of anilines is 1. The fraction of sp³-hybridized carbons (Fsp3) is 0.333. The summed E-state index contributed by atoms with van der Waals surface area (Å²) < 4.78 is 38.1. The summed E-state index contributed by atoms with van der Waals surface area (Å²) in [5, 5.41) is 10.6. The number of rotatable bonds is 3. The molecule has 2 amide bonds. The van der Waals surface area contributed by atoms with Gasteiger partial charge in [0.25, 0.3) is 0 Å². The molecule has 0 saturated heterocycles. The average molecular weight is 290 g/mol. The van der Waals surface area contributed by atoms with E-state index in [1.165, 1.54) is 19.2 Å². The number of halogens is 3. The Morgan fingerprint density at radius 3 is 2.45 bits per heavy atom. The molecule has 0 aliphatic carbocycles. The molecule has 1 aromatic carbocycles. The van der Waals surface area contributed by atoms with Gasteiger partial charge in [-0.15, -0.1) is 0 Å². The standard InChI is InChI=1S/C12H13F3N2O3/c1-17(6-7-18)11(20)10(19)16-9-5-3-2-4-8(9)12(13,14)15/h2-5,18H,6-7H2,1H3,(H,16,19). The van der Waals surface area contributed by atoms with Gasteiger partial charge in [0.05, 0.1) is 17.9 Å². The SMILES string of the molecule is CN(CCO)C(=O)C(=O)Nc1ccccc1C(F)(F)F. The summed E-state index contributed by atoms with van der Waals surface area (Å²) >= 11 is 0. The number of hydrogen-bond acceptors (Lipinski definition) is 3. The van der Waals surface area contributed by atoms with Crippen LogP contribution in [0.2, 0.25) is 0 Å². The predicted octanol–water partition coefficient (Wildman–Crippen LogP) is 1.09. The number of nitrogens with one attached hydrogen (secondary N) is 1. The van der Waals surface area contributed by atoms with E-state index in [9.17, 15) is 22.8 Å². The van der Waals surface area contributed by atoms with Gasteiger partial charge in [0.15, 0.2) is 0 Å². The zero-order chi connectivity index (χ0) is 15.3. The summed E-state index contributed by atoms with van der Waals surface area (Å²) in [4.78, 5) is 24.0. The summed E-state index contributed by atoms with van der Waals surface area (Å²) in [6.45, 7) is -0.443. The molecule has 0 spiro atoms. The Balaban J connectivity index is 2.89. The molecule has 0 heterocycles. The van der Waals surface area contributed by atoms with Crippen molar-refractivity contribution in [2.45, 2.75) is 6.18 Å². The first-order chi connectivity index (χ1) is 9.27. The number of aliphatic hydroxyl groups excluding tert-OH is 1. The number of carbonyl (C=O) groups is 2. The molecule has 0 saturated carbocycles. The molecule has 5 nitrogen and oxygen atoms in total. The van der Waals surface area contributed by atoms with E-state index in [-0.39, 0.29) is 13.2 Å². The van der Waals surface area contributed by atoms with Crippen LogP contribution in [0.4, 0.5) is 18.9 Å². The highest BCUT2D eigenvalue weighted by Gasteiger charge is 2.34. The lowest BCUT2D eigenvalue weighted by molar-refractivity contribution is -0.142. The highest BCUT2D eigenvalue weighted by atomic mass is 19.4. The van der Waals surface area contributed by atoms with E-state index in [0.29, 0.717) is 0 Å². The molecule has 0 aliphatic rings. The van der Waals surface area contributed by atoms with Gasteiger partial charge in [0.2, 0.25) is 0 Å². The summed E-state index contributed by atoms with van der Waals surface area (Å²) in [7, 11) is 1.26. The van der Waals surface area contributed by atoms with E-state index >= 15 is 0 Å². The maximum absolute atomic E-state index is 12.7. The number of hydrogen-bond donors (Lipinski definition) is 2. The molecule has 8 heteroatoms. The molecule has 20 heavy (non-hydrogen) atoms. The van der Waals surface area contributed by atoms with E-state index in [1.54, 1.807) is 0 Å². The molecule has 0 fully saturated rings. The summed E-state index contributed by atoms with van der Waals surface area (Å²) in [5.74, 6) is -2.23. The van der Waals surface area contributed by atoms with E-state index in [0.717, 1.165) is 17.0 Å². The fourth-order valence-electron chi connectivity index (χ4n) is 1.44. The summed E-state index contributed by atoms with van der Waals surface area (Å²) in [5.41, 5.74) is -1.53. The topological polar surface area (TPSA) is 69.6 Å². The lowest BCUT2D eigenvalue weighted by Crippen LogP contribution is -2.38. The zero-order valence-corrected chi connectivity index (χ0v) is 10.6. The average Bonchev–Trinajstić information content (AvgIpc) is 2.37. The second kappa shape index (κ2) is 6.38. The first-order valence-corrected chi connectivity index (χ1v) is 5.61. The minimum absolute atomic E-state index is 0.0901. The Morgan fingerprint density at radius 1 is 1.30 bits per heavy atom. The van der Waals surface area contributed by atoms with Crippen molar-refractivity contribution >= 4 is 17.5 Å². The fourth-order valence-corrected chi connectivity index (χ4v) is 1.44. The Morgan fingerprint density at radius 2 is 1.90 bits per heavy atom. The first kappa shape index (κ1) is 16.0. The van der Waals surface area contributed by atoms with Crippen LogP contribution < -0.4 is 5.32 Å². The van der Waals surface area contributed by atoms with Crippen molar-refractivity contribution in [1.29, 1.82) is 0 Å². The summed E-state index contributed by atoms with van der Waals surface area (Å²) in [6, 6.07) is 4.35. The molecule has 0 aromatic heterocycles. The van der Waals surface area contributed by atoms with Gasteiger partial charge in [0, 0.05) is 13.6 Å². The number of benzene rings is 1. The molecule has 0 unspecified atom stereocenters. The van der Waals surface area contributed by atoms with Gasteiger partial charge in [-0.3, -0.25) is 9.59 Å². The molecule has 0 radical (unpaired) electrons. The maximum atomic E-state index is 12.7. The van der Waals surface area contributed by atoms with Gasteiger partial charge in [-0.25, -0.2) is 0 Å². The van der Waals surface area contributed by atoms with Gasteiger partial charge in [-0.1, -0.05) is 12.1 Å². The Kier molecular flexibility index (Phi) is 5.09. The van der Waals surface area contributed by atoms with Crippen molar-refractivity contribution in [1.82, 2.24) is 4.90 Å². The smallest absolute Gasteiger partial charge is 0.395 e. The van der Waals surface area contributed by atoms with Gasteiger partial charge < -0.3 is 15.3 Å². The molecular formula is C12H13F3N2O3. The normalized spacial score (nSPS) is 11.1. The molecule has 2 N–H and O–H groups in total. The van der Waals surface area contributed by atoms with Crippen LogP contribution in [0.15, 0.2) is 24.3 Å². The molecular weight excluding hydrogens is 277 g/mol. The van der Waals surface area contributed by atoms with Crippen LogP contribution in [0.25, 0.3) is 0 Å². The Bertz CT molecular complexity index is 503. The predicted molar refractivity (Wildman–Crippen MR) is 64.8 cm³/mol. The van der Waals surface area contributed by atoms with E-state index in [4.69, 9.17) is 5.11 Å². The summed E-state index contributed by atoms with van der Waals surface area (Å²) in [6.07, 6.45) is -4.63. The van der Waals surface area contributed by atoms with Gasteiger partial charge in [-0.05, 0) is 12.1 Å². The third-order valence-electron chi connectivity index (χ3n) is 2.46. The number of amides is 2. The van der Waals surface area contributed by atoms with Crippen LogP contribution in [0.3, 0.4) is 0 Å². The van der Waals surface area contributed by atoms with Crippen molar-refractivity contribution in [2.75, 3.05) is 25.5 Å². The minimum Gasteiger partial charge on any atom is -0.395 e. The van der Waals surface area contributed by atoms with E-state index < -0.39 is 29.2 Å². The minimum atomic E-state index is -4.63. The highest BCUT2D eigenvalue weighted by Crippen LogP contribution is 2.34. The van der Waals surface area contributed by atoms with Crippen LogP contribution in [-0.4, -0.2) is 42.0 Å². The van der Waals surface area contributed by atoms with E-state index in [1.807, 2.05) is 5.32 Å². The number of para-hydroxylation sites is 1. The quantitative estimate of drug-likeness (QED) is 0.819. The molecule has 0 atom stereocenters. The number of likely N-dealkylation sites (N-methyl/N-ethyl adjacent to an activating group) is 1. The number of alkyl halides is 3. The van der Waals surface area contributed by atoms with Gasteiger partial charge in [0.1, 0.15) is 0 Å². The van der Waals surface area contributed by atoms with Crippen LogP contribution in [0, 0.1) is 0 Å². The third-order valence-corrected chi connectivity index (χ3v) is 2.46. The highest BCUT2D eigenvalue weighted by molar-refractivity contribution is 6.39. The number of nitrogens with zero attached hydrogens (tertiary/aromatic N) is 1. The lowest BCUT2D eigenvalue weighted by atomic mass is 10.1. The van der Waals surface area contributed by atoms with Gasteiger partial charge >= 0.3 is 18.0 Å². The van der Waals surface area contributed by atoms with Crippen LogP contribution in [-0.2, 0) is 15.8 Å². The van der Waals surface area contributed by atoms with Crippen LogP contribution in [0.5, 0.6) is 0 Å². The Labute approximate surface area is 113 Å². The Hall–Kier alpha value is -2.09. The molecule has 0 aliphatic heterocycles. The van der Waals surface area contributed by atoms with Crippen molar-refractivity contribution in [3.63, 3.8) is 0 Å². The lowest BCUT2D eigenvalue weighted by Gasteiger charge is -2.17. The van der Waals surface area contributed by atoms with E-state index in [2.05, 4.69) is 0 Å². The molecule has 1 rings (SSSR count). The molecule has 110 valence electrons. The third kappa shape index (κ3) is 3.95. The first-order valence-electron chi connectivity index (χ1n) is 5.61. The van der Waals surface area contributed by atoms with Crippen molar-refractivity contribution in [3.8, 4) is 0 Å². The second-order valence-electron chi connectivity index (χ2n) is 3.95.